The molecule has 21 heavy (non-hydrogen) atoms. The number of halogens is 2. The number of benzene rings is 1. The van der Waals surface area contributed by atoms with Crippen molar-refractivity contribution in [2.75, 3.05) is 0 Å². The van der Waals surface area contributed by atoms with Crippen LogP contribution in [0.3, 0.4) is 0 Å². The largest absolute Gasteiger partial charge is 0.334 e. The van der Waals surface area contributed by atoms with E-state index in [4.69, 9.17) is 0 Å². The normalized spacial score (nSPS) is 25.1. The summed E-state index contributed by atoms with van der Waals surface area (Å²) < 4.78 is 1.58. The molecule has 0 aliphatic heterocycles. The minimum absolute atomic E-state index is 0.195. The second-order valence-corrected chi connectivity index (χ2v) is 7.39. The van der Waals surface area contributed by atoms with Crippen LogP contribution in [0.2, 0.25) is 0 Å². The molecule has 0 spiro atoms. The lowest BCUT2D eigenvalue weighted by molar-refractivity contribution is 0.0890. The summed E-state index contributed by atoms with van der Waals surface area (Å²) in [5, 5.41) is 12.5. The number of carbonyl (C=O) groups excluding carboxylic acids is 1. The molecule has 3 nitrogen and oxygen atoms in total. The Hall–Kier alpha value is -0.860. The maximum Gasteiger partial charge on any atom is 0.253 e. The van der Waals surface area contributed by atoms with Gasteiger partial charge in [-0.05, 0) is 65.7 Å². The van der Waals surface area contributed by atoms with Crippen molar-refractivity contribution in [1.29, 1.82) is 5.26 Å². The molecule has 1 aromatic carbocycles. The van der Waals surface area contributed by atoms with Crippen molar-refractivity contribution in [3.8, 4) is 6.07 Å². The van der Waals surface area contributed by atoms with Gasteiger partial charge >= 0.3 is 0 Å². The Morgan fingerprint density at radius 1 is 1.43 bits per heavy atom. The molecule has 1 saturated carbocycles. The van der Waals surface area contributed by atoms with Crippen LogP contribution in [-0.2, 0) is 0 Å². The van der Waals surface area contributed by atoms with Gasteiger partial charge in [-0.15, -0.1) is 0 Å². The molecular formula is C16H18Br2N2O. The van der Waals surface area contributed by atoms with Crippen molar-refractivity contribution in [3.63, 3.8) is 0 Å². The summed E-state index contributed by atoms with van der Waals surface area (Å²) in [5.41, 5.74) is -0.165. The van der Waals surface area contributed by atoms with Crippen LogP contribution in [-0.4, -0.2) is 11.4 Å². The molecule has 1 aliphatic carbocycles. The number of nitrogens with one attached hydrogen (secondary N) is 1. The van der Waals surface area contributed by atoms with Gasteiger partial charge in [0, 0.05) is 8.95 Å². The number of hydrogen-bond donors (Lipinski definition) is 1. The number of hydrogen-bond acceptors (Lipinski definition) is 2. The van der Waals surface area contributed by atoms with Gasteiger partial charge in [-0.3, -0.25) is 4.79 Å². The van der Waals surface area contributed by atoms with E-state index >= 15 is 0 Å². The summed E-state index contributed by atoms with van der Waals surface area (Å²) >= 11 is 6.76. The summed E-state index contributed by atoms with van der Waals surface area (Å²) in [7, 11) is 0. The molecule has 0 radical (unpaired) electrons. The fraction of sp³-hybridized carbons (Fsp3) is 0.500. The molecule has 1 N–H and O–H groups in total. The Morgan fingerprint density at radius 3 is 2.67 bits per heavy atom. The third kappa shape index (κ3) is 3.87. The van der Waals surface area contributed by atoms with E-state index in [1.54, 1.807) is 6.07 Å². The highest BCUT2D eigenvalue weighted by atomic mass is 79.9. The predicted molar refractivity (Wildman–Crippen MR) is 89.9 cm³/mol. The van der Waals surface area contributed by atoms with Crippen LogP contribution in [0.15, 0.2) is 27.1 Å². The number of amides is 1. The number of nitrogens with zero attached hydrogens (tertiary/aromatic N) is 1. The van der Waals surface area contributed by atoms with Crippen molar-refractivity contribution < 1.29 is 4.79 Å². The second kappa shape index (κ2) is 6.93. The highest BCUT2D eigenvalue weighted by Crippen LogP contribution is 2.34. The van der Waals surface area contributed by atoms with Gasteiger partial charge < -0.3 is 5.32 Å². The standard InChI is InChI=1S/C16H18Br2N2O/c1-2-11-5-7-16(10-19,8-6-11)20-15(21)13-9-12(17)3-4-14(13)18/h3-4,9,11H,2,5-8H2,1H3,(H,20,21). The van der Waals surface area contributed by atoms with Gasteiger partial charge in [0.15, 0.2) is 0 Å². The van der Waals surface area contributed by atoms with Crippen molar-refractivity contribution in [1.82, 2.24) is 5.32 Å². The Kier molecular flexibility index (Phi) is 5.45. The average molecular weight is 414 g/mol. The maximum absolute atomic E-state index is 12.5. The predicted octanol–water partition coefficient (Wildman–Crippen LogP) is 4.80. The average Bonchev–Trinajstić information content (AvgIpc) is 2.50. The van der Waals surface area contributed by atoms with Crippen LogP contribution in [0.5, 0.6) is 0 Å². The molecule has 5 heteroatoms. The minimum atomic E-state index is -0.718. The zero-order valence-corrected chi connectivity index (χ0v) is 15.1. The number of nitriles is 1. The first kappa shape index (κ1) is 16.5. The van der Waals surface area contributed by atoms with Gasteiger partial charge in [0.1, 0.15) is 5.54 Å². The minimum Gasteiger partial charge on any atom is -0.334 e. The van der Waals surface area contributed by atoms with E-state index in [0.29, 0.717) is 11.5 Å². The summed E-state index contributed by atoms with van der Waals surface area (Å²) in [6, 6.07) is 7.80. The monoisotopic (exact) mass is 412 g/mol. The SMILES string of the molecule is CCC1CCC(C#N)(NC(=O)c2cc(Br)ccc2Br)CC1. The van der Waals surface area contributed by atoms with Crippen LogP contribution >= 0.6 is 31.9 Å². The van der Waals surface area contributed by atoms with Gasteiger partial charge in [0.2, 0.25) is 0 Å². The first-order valence-electron chi connectivity index (χ1n) is 7.18. The fourth-order valence-corrected chi connectivity index (χ4v) is 3.59. The first-order chi connectivity index (χ1) is 9.99. The van der Waals surface area contributed by atoms with Gasteiger partial charge in [0.25, 0.3) is 5.91 Å². The second-order valence-electron chi connectivity index (χ2n) is 5.62. The smallest absolute Gasteiger partial charge is 0.253 e. The summed E-state index contributed by atoms with van der Waals surface area (Å²) in [4.78, 5) is 12.5. The van der Waals surface area contributed by atoms with E-state index in [0.717, 1.165) is 41.0 Å². The third-order valence-corrected chi connectivity index (χ3v) is 5.46. The van der Waals surface area contributed by atoms with E-state index in [2.05, 4.69) is 50.2 Å². The van der Waals surface area contributed by atoms with Crippen LogP contribution in [0.1, 0.15) is 49.4 Å². The van der Waals surface area contributed by atoms with Gasteiger partial charge in [-0.1, -0.05) is 29.3 Å². The van der Waals surface area contributed by atoms with Crippen molar-refractivity contribution >= 4 is 37.8 Å². The third-order valence-electron chi connectivity index (χ3n) is 4.28. The molecule has 0 atom stereocenters. The highest BCUT2D eigenvalue weighted by molar-refractivity contribution is 9.11. The Labute approximate surface area is 142 Å². The molecule has 0 heterocycles. The van der Waals surface area contributed by atoms with E-state index in [1.165, 1.54) is 0 Å². The Bertz CT molecular complexity index is 572. The fourth-order valence-electron chi connectivity index (χ4n) is 2.80. The van der Waals surface area contributed by atoms with E-state index in [1.807, 2.05) is 12.1 Å². The van der Waals surface area contributed by atoms with Gasteiger partial charge in [-0.25, -0.2) is 0 Å². The molecule has 2 rings (SSSR count). The number of rotatable bonds is 3. The Balaban J connectivity index is 2.14. The van der Waals surface area contributed by atoms with Crippen LogP contribution in [0.25, 0.3) is 0 Å². The van der Waals surface area contributed by atoms with Gasteiger partial charge in [-0.2, -0.15) is 5.26 Å². The molecule has 112 valence electrons. The van der Waals surface area contributed by atoms with E-state index in [9.17, 15) is 10.1 Å². The topological polar surface area (TPSA) is 52.9 Å². The maximum atomic E-state index is 12.5. The molecule has 0 unspecified atom stereocenters. The van der Waals surface area contributed by atoms with Crippen molar-refractivity contribution in [2.24, 2.45) is 5.92 Å². The van der Waals surface area contributed by atoms with Crippen LogP contribution < -0.4 is 5.32 Å². The van der Waals surface area contributed by atoms with Crippen molar-refractivity contribution in [3.05, 3.63) is 32.7 Å². The van der Waals surface area contributed by atoms with Gasteiger partial charge in [0.05, 0.1) is 11.6 Å². The molecule has 1 fully saturated rings. The molecule has 0 bridgehead atoms. The molecule has 0 aromatic heterocycles. The molecule has 0 saturated heterocycles. The Morgan fingerprint density at radius 2 is 2.10 bits per heavy atom. The van der Waals surface area contributed by atoms with E-state index < -0.39 is 5.54 Å². The number of carbonyl (C=O) groups is 1. The molecule has 1 aromatic rings. The van der Waals surface area contributed by atoms with Crippen LogP contribution in [0, 0.1) is 17.2 Å². The van der Waals surface area contributed by atoms with Crippen LogP contribution in [0.4, 0.5) is 0 Å². The summed E-state index contributed by atoms with van der Waals surface area (Å²) in [6.07, 6.45) is 4.62. The summed E-state index contributed by atoms with van der Waals surface area (Å²) in [6.45, 7) is 2.18. The van der Waals surface area contributed by atoms with E-state index in [-0.39, 0.29) is 5.91 Å². The summed E-state index contributed by atoms with van der Waals surface area (Å²) in [5.74, 6) is 0.487. The van der Waals surface area contributed by atoms with Crippen molar-refractivity contribution in [2.45, 2.75) is 44.6 Å². The highest BCUT2D eigenvalue weighted by Gasteiger charge is 2.36. The molecular weight excluding hydrogens is 396 g/mol. The zero-order chi connectivity index (χ0) is 15.5. The lowest BCUT2D eigenvalue weighted by Crippen LogP contribution is -2.49. The molecule has 1 aliphatic rings. The zero-order valence-electron chi connectivity index (χ0n) is 12.0. The lowest BCUT2D eigenvalue weighted by atomic mass is 9.76. The first-order valence-corrected chi connectivity index (χ1v) is 8.77. The lowest BCUT2D eigenvalue weighted by Gasteiger charge is -2.35. The molecule has 1 amide bonds. The quantitative estimate of drug-likeness (QED) is 0.773.